The van der Waals surface area contributed by atoms with Gasteiger partial charge in [0, 0.05) is 26.2 Å². The Kier molecular flexibility index (Phi) is 8.76. The lowest BCUT2D eigenvalue weighted by Crippen LogP contribution is -2.43. The average molecular weight is 584 g/mol. The van der Waals surface area contributed by atoms with Gasteiger partial charge in [-0.15, -0.1) is 13.2 Å². The van der Waals surface area contributed by atoms with E-state index in [4.69, 9.17) is 0 Å². The molecule has 1 saturated heterocycles. The van der Waals surface area contributed by atoms with Crippen molar-refractivity contribution >= 4 is 27.3 Å². The molecule has 0 aromatic heterocycles. The number of fused-ring (bicyclic) bond motifs is 1. The highest BCUT2D eigenvalue weighted by Crippen LogP contribution is 2.32. The molecule has 2 aliphatic heterocycles. The van der Waals surface area contributed by atoms with Crippen LogP contribution in [0.2, 0.25) is 0 Å². The molecule has 0 radical (unpaired) electrons. The van der Waals surface area contributed by atoms with E-state index in [1.54, 1.807) is 11.0 Å². The van der Waals surface area contributed by atoms with E-state index >= 15 is 0 Å². The maximum Gasteiger partial charge on any atom is 0.573 e. The van der Waals surface area contributed by atoms with Crippen LogP contribution < -0.4 is 10.1 Å². The second-order valence-corrected chi connectivity index (χ2v) is 12.6. The quantitative estimate of drug-likeness (QED) is 0.466. The number of aliphatic hydroxyl groups excluding tert-OH is 1. The summed E-state index contributed by atoms with van der Waals surface area (Å²) in [5.74, 6) is -2.03. The van der Waals surface area contributed by atoms with Gasteiger partial charge in [0.1, 0.15) is 11.5 Å². The Morgan fingerprint density at radius 3 is 2.62 bits per heavy atom. The lowest BCUT2D eigenvalue weighted by molar-refractivity contribution is -0.274. The van der Waals surface area contributed by atoms with E-state index in [1.165, 1.54) is 36.4 Å². The fraction of sp³-hybridized carbons (Fsp3) is 0.481. The number of benzene rings is 2. The van der Waals surface area contributed by atoms with Crippen LogP contribution in [0.4, 0.5) is 18.9 Å². The van der Waals surface area contributed by atoms with Crippen molar-refractivity contribution in [1.29, 1.82) is 0 Å². The van der Waals surface area contributed by atoms with Crippen LogP contribution >= 0.6 is 0 Å². The number of aliphatic hydroxyl groups is 1. The van der Waals surface area contributed by atoms with Crippen LogP contribution in [-0.2, 0) is 25.8 Å². The predicted molar refractivity (Wildman–Crippen MR) is 140 cm³/mol. The molecule has 0 spiro atoms. The Morgan fingerprint density at radius 1 is 1.23 bits per heavy atom. The Hall–Kier alpha value is -3.16. The molecule has 2 aromatic rings. The number of amides is 2. The van der Waals surface area contributed by atoms with Crippen molar-refractivity contribution in [3.05, 3.63) is 53.6 Å². The maximum atomic E-state index is 13.8. The molecule has 4 rings (SSSR count). The van der Waals surface area contributed by atoms with Crippen LogP contribution in [0.15, 0.2) is 47.4 Å². The number of ether oxygens (including phenoxy) is 1. The number of nitrogens with zero attached hydrogens (tertiary/aromatic N) is 2. The molecule has 1 fully saturated rings. The number of β-amino-alcohol motifs (C(OH)–C–C–N with tert-alkyl or cyclic N) is 1. The largest absolute Gasteiger partial charge is 0.573 e. The first-order valence-corrected chi connectivity index (χ1v) is 14.6. The summed E-state index contributed by atoms with van der Waals surface area (Å²) in [5, 5.41) is 12.6. The number of rotatable bonds is 9. The molecule has 0 aliphatic carbocycles. The zero-order valence-electron chi connectivity index (χ0n) is 22.1. The van der Waals surface area contributed by atoms with Crippen molar-refractivity contribution in [2.75, 3.05) is 37.2 Å². The summed E-state index contributed by atoms with van der Waals surface area (Å²) in [5.41, 5.74) is 1.02. The van der Waals surface area contributed by atoms with Gasteiger partial charge in [0.15, 0.2) is 9.84 Å². The normalized spacial score (nSPS) is 19.7. The van der Waals surface area contributed by atoms with E-state index in [1.807, 2.05) is 18.7 Å². The van der Waals surface area contributed by atoms with Crippen LogP contribution in [0.1, 0.15) is 37.4 Å². The highest BCUT2D eigenvalue weighted by Gasteiger charge is 2.34. The molecule has 2 atom stereocenters. The lowest BCUT2D eigenvalue weighted by atomic mass is 10.0. The zero-order valence-corrected chi connectivity index (χ0v) is 23.0. The average Bonchev–Trinajstić information content (AvgIpc) is 3.24. The number of sulfone groups is 1. The molecular formula is C27H32F3N3O6S. The van der Waals surface area contributed by atoms with Gasteiger partial charge in [-0.25, -0.2) is 8.42 Å². The molecule has 2 aliphatic rings. The number of alkyl halides is 3. The summed E-state index contributed by atoms with van der Waals surface area (Å²) in [7, 11) is -3.78. The van der Waals surface area contributed by atoms with Gasteiger partial charge in [0.25, 0.3) is 0 Å². The summed E-state index contributed by atoms with van der Waals surface area (Å²) in [6.45, 7) is 5.35. The van der Waals surface area contributed by atoms with Crippen LogP contribution in [0.5, 0.6) is 5.75 Å². The number of carbonyl (C=O) groups is 2. The predicted octanol–water partition coefficient (Wildman–Crippen LogP) is 3.15. The third kappa shape index (κ3) is 7.52. The molecule has 2 amide bonds. The van der Waals surface area contributed by atoms with Crippen molar-refractivity contribution in [2.45, 2.75) is 50.1 Å². The van der Waals surface area contributed by atoms with Gasteiger partial charge in [-0.3, -0.25) is 14.5 Å². The van der Waals surface area contributed by atoms with Gasteiger partial charge in [-0.2, -0.15) is 0 Å². The lowest BCUT2D eigenvalue weighted by Gasteiger charge is -2.36. The minimum Gasteiger partial charge on any atom is -0.406 e. The molecule has 0 bridgehead atoms. The van der Waals surface area contributed by atoms with Crippen molar-refractivity contribution in [1.82, 2.24) is 9.80 Å². The summed E-state index contributed by atoms with van der Waals surface area (Å²) in [6, 6.07) is 9.22. The minimum atomic E-state index is -4.88. The Bertz CT molecular complexity index is 1370. The summed E-state index contributed by atoms with van der Waals surface area (Å²) >= 11 is 0. The highest BCUT2D eigenvalue weighted by molar-refractivity contribution is 7.92. The highest BCUT2D eigenvalue weighted by atomic mass is 32.2. The van der Waals surface area contributed by atoms with Crippen molar-refractivity contribution in [3.8, 4) is 5.75 Å². The van der Waals surface area contributed by atoms with E-state index in [0.717, 1.165) is 0 Å². The Morgan fingerprint density at radius 2 is 1.98 bits per heavy atom. The van der Waals surface area contributed by atoms with E-state index in [0.29, 0.717) is 37.2 Å². The van der Waals surface area contributed by atoms with E-state index < -0.39 is 45.8 Å². The van der Waals surface area contributed by atoms with Gasteiger partial charge in [-0.1, -0.05) is 32.0 Å². The number of anilines is 1. The van der Waals surface area contributed by atoms with Gasteiger partial charge in [0.2, 0.25) is 11.8 Å². The zero-order chi connectivity index (χ0) is 29.2. The van der Waals surface area contributed by atoms with E-state index in [-0.39, 0.29) is 35.4 Å². The molecule has 9 nitrogen and oxygen atoms in total. The molecule has 2 N–H and O–H groups in total. The number of halogens is 3. The van der Waals surface area contributed by atoms with Crippen LogP contribution in [0.25, 0.3) is 0 Å². The van der Waals surface area contributed by atoms with Gasteiger partial charge >= 0.3 is 6.36 Å². The molecule has 0 saturated carbocycles. The van der Waals surface area contributed by atoms with Crippen molar-refractivity contribution in [3.63, 3.8) is 0 Å². The maximum absolute atomic E-state index is 13.8. The van der Waals surface area contributed by atoms with Gasteiger partial charge < -0.3 is 20.1 Å². The molecule has 0 unspecified atom stereocenters. The van der Waals surface area contributed by atoms with Crippen LogP contribution in [0.3, 0.4) is 0 Å². The summed E-state index contributed by atoms with van der Waals surface area (Å²) in [4.78, 5) is 29.3. The molecular weight excluding hydrogens is 551 g/mol. The Labute approximate surface area is 230 Å². The second kappa shape index (κ2) is 11.8. The first-order valence-electron chi connectivity index (χ1n) is 12.9. The first kappa shape index (κ1) is 29.8. The summed E-state index contributed by atoms with van der Waals surface area (Å²) < 4.78 is 67.7. The van der Waals surface area contributed by atoms with Crippen molar-refractivity contribution < 1.29 is 41.0 Å². The topological polar surface area (TPSA) is 116 Å². The third-order valence-electron chi connectivity index (χ3n) is 6.74. The fourth-order valence-electron chi connectivity index (χ4n) is 5.09. The Balaban J connectivity index is 1.67. The molecule has 218 valence electrons. The summed E-state index contributed by atoms with van der Waals surface area (Å²) in [6.07, 6.45) is -4.99. The van der Waals surface area contributed by atoms with Gasteiger partial charge in [0.05, 0.1) is 29.1 Å². The smallest absolute Gasteiger partial charge is 0.406 e. The standard InChI is InChI=1S/C27H32F3N3O6S/c1-17(2)13-33(26(36)11-18-6-7-24-22(10-18)31-25(35)16-40(24,37)38)23(15-32-9-8-20(34)14-32)19-4-3-5-21(12-19)39-27(28,29)30/h3-7,10,12,17,20,23,34H,8-9,11,13-16H2,1-2H3,(H,31,35)/t20-,23+/m0/s1. The number of nitrogens with one attached hydrogen (secondary N) is 1. The van der Waals surface area contributed by atoms with Crippen LogP contribution in [0, 0.1) is 5.92 Å². The molecule has 2 heterocycles. The van der Waals surface area contributed by atoms with E-state index in [2.05, 4.69) is 10.1 Å². The number of likely N-dealkylation sites (tertiary alicyclic amines) is 1. The van der Waals surface area contributed by atoms with Crippen LogP contribution in [-0.4, -0.2) is 79.5 Å². The molecule has 40 heavy (non-hydrogen) atoms. The number of hydrogen-bond donors (Lipinski definition) is 2. The minimum absolute atomic E-state index is 0.0122. The fourth-order valence-corrected chi connectivity index (χ4v) is 6.38. The van der Waals surface area contributed by atoms with Gasteiger partial charge in [-0.05, 0) is 47.7 Å². The SMILES string of the molecule is CC(C)CN(C(=O)Cc1ccc2c(c1)NC(=O)CS2(=O)=O)[C@H](CN1CC[C@H](O)C1)c1cccc(OC(F)(F)F)c1. The van der Waals surface area contributed by atoms with Crippen molar-refractivity contribution in [2.24, 2.45) is 5.92 Å². The third-order valence-corrected chi connectivity index (χ3v) is 8.41. The van der Waals surface area contributed by atoms with E-state index in [9.17, 15) is 36.3 Å². The first-order chi connectivity index (χ1) is 18.7. The molecule has 2 aromatic carbocycles. The monoisotopic (exact) mass is 583 g/mol. The number of carbonyl (C=O) groups excluding carboxylic acids is 2. The second-order valence-electron chi connectivity index (χ2n) is 10.6. The number of hydrogen-bond acceptors (Lipinski definition) is 7. The molecule has 13 heteroatoms.